The summed E-state index contributed by atoms with van der Waals surface area (Å²) in [6.45, 7) is 0.240. The van der Waals surface area contributed by atoms with Crippen LogP contribution in [0.4, 0.5) is 0 Å². The second-order valence-corrected chi connectivity index (χ2v) is 9.28. The molecule has 0 bridgehead atoms. The van der Waals surface area contributed by atoms with Crippen LogP contribution in [0.3, 0.4) is 0 Å². The first-order valence-electron chi connectivity index (χ1n) is 7.67. The number of primary sulfonamides is 1. The molecule has 7 nitrogen and oxygen atoms in total. The van der Waals surface area contributed by atoms with Gasteiger partial charge in [-0.3, -0.25) is 4.79 Å². The van der Waals surface area contributed by atoms with Gasteiger partial charge in [0.25, 0.3) is 0 Å². The van der Waals surface area contributed by atoms with Crippen molar-refractivity contribution in [2.75, 3.05) is 6.54 Å². The molecule has 0 aliphatic carbocycles. The predicted molar refractivity (Wildman–Crippen MR) is 102 cm³/mol. The molecule has 0 aliphatic rings. The lowest BCUT2D eigenvalue weighted by Gasteiger charge is -2.04. The molecule has 144 valence electrons. The van der Waals surface area contributed by atoms with Gasteiger partial charge >= 0.3 is 0 Å². The van der Waals surface area contributed by atoms with Crippen molar-refractivity contribution in [1.82, 2.24) is 5.32 Å². The van der Waals surface area contributed by atoms with E-state index in [4.69, 9.17) is 16.7 Å². The number of nitrogens with one attached hydrogen (secondary N) is 1. The van der Waals surface area contributed by atoms with Crippen molar-refractivity contribution in [1.29, 1.82) is 0 Å². The van der Waals surface area contributed by atoms with Crippen LogP contribution in [0.25, 0.3) is 0 Å². The zero-order valence-electron chi connectivity index (χ0n) is 14.0. The summed E-state index contributed by atoms with van der Waals surface area (Å²) in [5.41, 5.74) is 0.787. The Balaban J connectivity index is 1.91. The normalized spacial score (nSPS) is 12.2. The van der Waals surface area contributed by atoms with Crippen LogP contribution in [-0.4, -0.2) is 29.3 Å². The average molecular weight is 429 g/mol. The fourth-order valence-electron chi connectivity index (χ4n) is 2.13. The molecular formula is C17H17ClN2O5S2. The van der Waals surface area contributed by atoms with E-state index in [0.717, 1.165) is 17.0 Å². The van der Waals surface area contributed by atoms with E-state index >= 15 is 0 Å². The number of hydrogen-bond acceptors (Lipinski definition) is 5. The molecule has 0 atom stereocenters. The van der Waals surface area contributed by atoms with Crippen LogP contribution in [0.5, 0.6) is 0 Å². The van der Waals surface area contributed by atoms with Gasteiger partial charge in [-0.05, 0) is 36.2 Å². The number of rotatable bonds is 7. The molecule has 0 saturated carbocycles. The topological polar surface area (TPSA) is 123 Å². The Morgan fingerprint density at radius 2 is 1.67 bits per heavy atom. The summed E-state index contributed by atoms with van der Waals surface area (Å²) in [4.78, 5) is 11.7. The Hall–Kier alpha value is -2.20. The van der Waals surface area contributed by atoms with Gasteiger partial charge in [-0.1, -0.05) is 35.9 Å². The van der Waals surface area contributed by atoms with Crippen molar-refractivity contribution in [2.45, 2.75) is 16.2 Å². The van der Waals surface area contributed by atoms with Gasteiger partial charge in [0.15, 0.2) is 0 Å². The van der Waals surface area contributed by atoms with Crippen molar-refractivity contribution in [3.63, 3.8) is 0 Å². The summed E-state index contributed by atoms with van der Waals surface area (Å²) in [5, 5.41) is 8.44. The van der Waals surface area contributed by atoms with E-state index in [1.54, 1.807) is 18.2 Å². The highest BCUT2D eigenvalue weighted by atomic mass is 35.5. The van der Waals surface area contributed by atoms with Gasteiger partial charge in [0.05, 0.1) is 14.8 Å². The van der Waals surface area contributed by atoms with Crippen molar-refractivity contribution >= 4 is 37.4 Å². The molecule has 2 aromatic carbocycles. The van der Waals surface area contributed by atoms with E-state index in [-0.39, 0.29) is 21.4 Å². The third kappa shape index (κ3) is 6.17. The van der Waals surface area contributed by atoms with Crippen molar-refractivity contribution in [3.8, 4) is 0 Å². The Kier molecular flexibility index (Phi) is 6.77. The number of sulfonamides is 1. The first-order chi connectivity index (χ1) is 12.6. The summed E-state index contributed by atoms with van der Waals surface area (Å²) in [6, 6.07) is 11.9. The number of benzene rings is 2. The van der Waals surface area contributed by atoms with Crippen molar-refractivity contribution < 1.29 is 21.6 Å². The molecule has 1 amide bonds. The summed E-state index contributed by atoms with van der Waals surface area (Å²) in [6.07, 6.45) is 1.35. The third-order valence-corrected chi connectivity index (χ3v) is 6.34. The molecule has 2 rings (SSSR count). The van der Waals surface area contributed by atoms with Crippen molar-refractivity contribution in [2.24, 2.45) is 5.14 Å². The maximum atomic E-state index is 12.2. The molecule has 10 heteroatoms. The lowest BCUT2D eigenvalue weighted by atomic mass is 10.1. The van der Waals surface area contributed by atoms with E-state index in [1.165, 1.54) is 30.3 Å². The highest BCUT2D eigenvalue weighted by molar-refractivity contribution is 7.94. The van der Waals surface area contributed by atoms with E-state index in [0.29, 0.717) is 6.42 Å². The van der Waals surface area contributed by atoms with Crippen LogP contribution in [0, 0.1) is 0 Å². The van der Waals surface area contributed by atoms with Gasteiger partial charge in [-0.25, -0.2) is 22.0 Å². The molecule has 0 fully saturated rings. The average Bonchev–Trinajstić information content (AvgIpc) is 2.60. The monoisotopic (exact) mass is 428 g/mol. The second kappa shape index (κ2) is 8.66. The lowest BCUT2D eigenvalue weighted by Crippen LogP contribution is -2.23. The molecule has 3 N–H and O–H groups in total. The first kappa shape index (κ1) is 21.1. The Morgan fingerprint density at radius 1 is 1.04 bits per heavy atom. The molecule has 0 spiro atoms. The SMILES string of the molecule is NS(=O)(=O)c1ccc(CCNC(=O)/C=C/S(=O)(=O)c2ccccc2Cl)cc1. The largest absolute Gasteiger partial charge is 0.352 e. The van der Waals surface area contributed by atoms with E-state index in [9.17, 15) is 21.6 Å². The smallest absolute Gasteiger partial charge is 0.244 e. The maximum absolute atomic E-state index is 12.2. The number of nitrogens with two attached hydrogens (primary N) is 1. The summed E-state index contributed by atoms with van der Waals surface area (Å²) >= 11 is 5.86. The van der Waals surface area contributed by atoms with Gasteiger partial charge in [-0.15, -0.1) is 0 Å². The molecule has 0 aromatic heterocycles. The molecule has 0 radical (unpaired) electrons. The quantitative estimate of drug-likeness (QED) is 0.648. The Labute approximate surface area is 162 Å². The number of carbonyl (C=O) groups excluding carboxylic acids is 1. The second-order valence-electron chi connectivity index (χ2n) is 5.51. The van der Waals surface area contributed by atoms with Crippen LogP contribution < -0.4 is 10.5 Å². The van der Waals surface area contributed by atoms with Gasteiger partial charge in [-0.2, -0.15) is 0 Å². The number of carbonyl (C=O) groups is 1. The van der Waals surface area contributed by atoms with Gasteiger partial charge in [0.1, 0.15) is 0 Å². The standard InChI is InChI=1S/C17H17ClN2O5S2/c18-15-3-1-2-4-16(15)26(22,23)12-10-17(21)20-11-9-13-5-7-14(8-6-13)27(19,24)25/h1-8,10,12H,9,11H2,(H,20,21)(H2,19,24,25)/b12-10+. The third-order valence-electron chi connectivity index (χ3n) is 3.51. The number of sulfone groups is 1. The molecule has 0 heterocycles. The molecule has 27 heavy (non-hydrogen) atoms. The number of amides is 1. The van der Waals surface area contributed by atoms with E-state index in [1.807, 2.05) is 0 Å². The van der Waals surface area contributed by atoms with Crippen LogP contribution >= 0.6 is 11.6 Å². The van der Waals surface area contributed by atoms with Gasteiger partial charge in [0, 0.05) is 18.0 Å². The minimum Gasteiger partial charge on any atom is -0.352 e. The fourth-order valence-corrected chi connectivity index (χ4v) is 4.17. The highest BCUT2D eigenvalue weighted by Gasteiger charge is 2.14. The minimum absolute atomic E-state index is 0.00278. The van der Waals surface area contributed by atoms with E-state index in [2.05, 4.69) is 5.32 Å². The summed E-state index contributed by atoms with van der Waals surface area (Å²) in [5.74, 6) is -0.577. The molecular weight excluding hydrogens is 412 g/mol. The van der Waals surface area contributed by atoms with E-state index < -0.39 is 25.8 Å². The molecule has 0 saturated heterocycles. The Morgan fingerprint density at radius 3 is 2.26 bits per heavy atom. The fraction of sp³-hybridized carbons (Fsp3) is 0.118. The molecule has 2 aromatic rings. The lowest BCUT2D eigenvalue weighted by molar-refractivity contribution is -0.116. The van der Waals surface area contributed by atoms with Crippen LogP contribution in [0.15, 0.2) is 69.8 Å². The maximum Gasteiger partial charge on any atom is 0.244 e. The first-order valence-corrected chi connectivity index (χ1v) is 11.1. The van der Waals surface area contributed by atoms with Gasteiger partial charge in [0.2, 0.25) is 25.8 Å². The van der Waals surface area contributed by atoms with Crippen LogP contribution in [0.1, 0.15) is 5.56 Å². The number of hydrogen-bond donors (Lipinski definition) is 2. The summed E-state index contributed by atoms with van der Waals surface area (Å²) < 4.78 is 46.7. The Bertz CT molecular complexity index is 1060. The van der Waals surface area contributed by atoms with Gasteiger partial charge < -0.3 is 5.32 Å². The zero-order chi connectivity index (χ0) is 20.1. The molecule has 0 unspecified atom stereocenters. The minimum atomic E-state index is -3.82. The van der Waals surface area contributed by atoms with Crippen LogP contribution in [0.2, 0.25) is 5.02 Å². The van der Waals surface area contributed by atoms with Crippen LogP contribution in [-0.2, 0) is 31.1 Å². The molecule has 0 aliphatic heterocycles. The van der Waals surface area contributed by atoms with Crippen molar-refractivity contribution in [3.05, 3.63) is 70.6 Å². The highest BCUT2D eigenvalue weighted by Crippen LogP contribution is 2.22. The zero-order valence-corrected chi connectivity index (χ0v) is 16.4. The summed E-state index contributed by atoms with van der Waals surface area (Å²) in [7, 11) is -7.57. The number of halogens is 1. The predicted octanol–water partition coefficient (Wildman–Crippen LogP) is 1.63.